The van der Waals surface area contributed by atoms with E-state index >= 15 is 0 Å². The molecular formula is C24H14O2S. The van der Waals surface area contributed by atoms with Crippen LogP contribution in [0.4, 0.5) is 0 Å². The van der Waals surface area contributed by atoms with E-state index in [0.29, 0.717) is 5.58 Å². The third-order valence-corrected chi connectivity index (χ3v) is 6.32. The standard InChI is InChI=1S/C24H14O2S/c25-19-12-15(13-21-24(19)17-6-1-3-7-20(17)26-21)14-9-10-23-18(11-14)16-5-2-4-8-22(16)27-23/h1-13,25H. The maximum atomic E-state index is 10.7. The van der Waals surface area contributed by atoms with E-state index in [1.54, 1.807) is 11.3 Å². The fraction of sp³-hybridized carbons (Fsp3) is 0. The zero-order valence-electron chi connectivity index (χ0n) is 14.3. The molecule has 6 aromatic rings. The second-order valence-electron chi connectivity index (χ2n) is 6.78. The third-order valence-electron chi connectivity index (χ3n) is 5.17. The third kappa shape index (κ3) is 2.12. The Morgan fingerprint density at radius 3 is 2.33 bits per heavy atom. The van der Waals surface area contributed by atoms with E-state index in [1.165, 1.54) is 20.2 Å². The molecule has 27 heavy (non-hydrogen) atoms. The van der Waals surface area contributed by atoms with Gasteiger partial charge in [0, 0.05) is 25.6 Å². The van der Waals surface area contributed by atoms with Crippen LogP contribution >= 0.6 is 11.3 Å². The van der Waals surface area contributed by atoms with Crippen LogP contribution in [0.5, 0.6) is 5.75 Å². The first-order chi connectivity index (χ1) is 13.3. The number of aromatic hydroxyl groups is 1. The topological polar surface area (TPSA) is 33.4 Å². The van der Waals surface area contributed by atoms with Gasteiger partial charge in [0.1, 0.15) is 16.9 Å². The number of benzene rings is 4. The molecule has 0 radical (unpaired) electrons. The fourth-order valence-corrected chi connectivity index (χ4v) is 4.99. The molecule has 0 aliphatic rings. The highest BCUT2D eigenvalue weighted by Crippen LogP contribution is 2.40. The number of thiophene rings is 1. The summed E-state index contributed by atoms with van der Waals surface area (Å²) in [5.41, 5.74) is 3.53. The molecule has 0 saturated heterocycles. The van der Waals surface area contributed by atoms with Crippen molar-refractivity contribution in [3.8, 4) is 16.9 Å². The largest absolute Gasteiger partial charge is 0.507 e. The predicted octanol–water partition coefficient (Wildman–Crippen LogP) is 7.33. The van der Waals surface area contributed by atoms with Crippen molar-refractivity contribution >= 4 is 53.4 Å². The Hall–Kier alpha value is -3.30. The first kappa shape index (κ1) is 14.8. The lowest BCUT2D eigenvalue weighted by atomic mass is 10.0. The number of hydrogen-bond acceptors (Lipinski definition) is 3. The lowest BCUT2D eigenvalue weighted by Gasteiger charge is -2.04. The maximum absolute atomic E-state index is 10.7. The summed E-state index contributed by atoms with van der Waals surface area (Å²) in [5, 5.41) is 14.9. The average Bonchev–Trinajstić information content (AvgIpc) is 3.25. The van der Waals surface area contributed by atoms with Gasteiger partial charge >= 0.3 is 0 Å². The number of rotatable bonds is 1. The van der Waals surface area contributed by atoms with Crippen LogP contribution in [0.2, 0.25) is 0 Å². The van der Waals surface area contributed by atoms with E-state index in [2.05, 4.69) is 42.5 Å². The normalized spacial score (nSPS) is 11.9. The Morgan fingerprint density at radius 2 is 1.41 bits per heavy atom. The molecule has 0 atom stereocenters. The van der Waals surface area contributed by atoms with Crippen molar-refractivity contribution in [2.24, 2.45) is 0 Å². The van der Waals surface area contributed by atoms with Gasteiger partial charge in [-0.3, -0.25) is 0 Å². The van der Waals surface area contributed by atoms with Crippen molar-refractivity contribution in [3.63, 3.8) is 0 Å². The van der Waals surface area contributed by atoms with Crippen molar-refractivity contribution in [2.45, 2.75) is 0 Å². The molecule has 2 heterocycles. The summed E-state index contributed by atoms with van der Waals surface area (Å²) in [6.07, 6.45) is 0. The molecule has 3 heteroatoms. The van der Waals surface area contributed by atoms with Crippen LogP contribution < -0.4 is 0 Å². The van der Waals surface area contributed by atoms with Crippen molar-refractivity contribution in [2.75, 3.05) is 0 Å². The molecule has 0 saturated carbocycles. The smallest absolute Gasteiger partial charge is 0.139 e. The van der Waals surface area contributed by atoms with Gasteiger partial charge in [0.25, 0.3) is 0 Å². The first-order valence-corrected chi connectivity index (χ1v) is 9.65. The van der Waals surface area contributed by atoms with E-state index in [-0.39, 0.29) is 5.75 Å². The molecular weight excluding hydrogens is 352 g/mol. The zero-order valence-corrected chi connectivity index (χ0v) is 15.1. The lowest BCUT2D eigenvalue weighted by Crippen LogP contribution is -1.79. The summed E-state index contributed by atoms with van der Waals surface area (Å²) < 4.78 is 8.54. The van der Waals surface area contributed by atoms with Crippen LogP contribution in [-0.4, -0.2) is 5.11 Å². The van der Waals surface area contributed by atoms with Gasteiger partial charge < -0.3 is 9.52 Å². The summed E-state index contributed by atoms with van der Waals surface area (Å²) in [6.45, 7) is 0. The minimum absolute atomic E-state index is 0.253. The number of fused-ring (bicyclic) bond motifs is 6. The van der Waals surface area contributed by atoms with Crippen LogP contribution in [0.25, 0.3) is 53.2 Å². The van der Waals surface area contributed by atoms with Gasteiger partial charge in [-0.1, -0.05) is 42.5 Å². The van der Waals surface area contributed by atoms with Crippen LogP contribution in [0.3, 0.4) is 0 Å². The average molecular weight is 366 g/mol. The van der Waals surface area contributed by atoms with Gasteiger partial charge in [-0.05, 0) is 47.5 Å². The Labute approximate surface area is 158 Å². The van der Waals surface area contributed by atoms with Gasteiger partial charge in [0.2, 0.25) is 0 Å². The molecule has 0 fully saturated rings. The van der Waals surface area contributed by atoms with Gasteiger partial charge in [-0.25, -0.2) is 0 Å². The molecule has 1 N–H and O–H groups in total. The highest BCUT2D eigenvalue weighted by atomic mass is 32.1. The summed E-state index contributed by atoms with van der Waals surface area (Å²) >= 11 is 1.81. The monoisotopic (exact) mass is 366 g/mol. The van der Waals surface area contributed by atoms with Crippen molar-refractivity contribution in [3.05, 3.63) is 78.9 Å². The number of hydrogen-bond donors (Lipinski definition) is 1. The Morgan fingerprint density at radius 1 is 0.630 bits per heavy atom. The van der Waals surface area contributed by atoms with Crippen LogP contribution in [0.15, 0.2) is 83.3 Å². The van der Waals surface area contributed by atoms with E-state index in [9.17, 15) is 5.11 Å². The van der Waals surface area contributed by atoms with Gasteiger partial charge in [0.15, 0.2) is 0 Å². The maximum Gasteiger partial charge on any atom is 0.139 e. The molecule has 0 unspecified atom stereocenters. The van der Waals surface area contributed by atoms with Gasteiger partial charge in [0.05, 0.1) is 5.39 Å². The Balaban J connectivity index is 1.62. The summed E-state index contributed by atoms with van der Waals surface area (Å²) in [5.74, 6) is 0.253. The van der Waals surface area contributed by atoms with Crippen LogP contribution in [0.1, 0.15) is 0 Å². The lowest BCUT2D eigenvalue weighted by molar-refractivity contribution is 0.482. The molecule has 0 amide bonds. The zero-order chi connectivity index (χ0) is 18.0. The highest BCUT2D eigenvalue weighted by Gasteiger charge is 2.14. The quantitative estimate of drug-likeness (QED) is 0.330. The molecule has 0 aliphatic carbocycles. The van der Waals surface area contributed by atoms with Crippen LogP contribution in [-0.2, 0) is 0 Å². The van der Waals surface area contributed by atoms with Gasteiger partial charge in [-0.2, -0.15) is 0 Å². The summed E-state index contributed by atoms with van der Waals surface area (Å²) in [4.78, 5) is 0. The molecule has 4 aromatic carbocycles. The number of furan rings is 1. The van der Waals surface area contributed by atoms with E-state index in [1.807, 2.05) is 36.4 Å². The Kier molecular flexibility index (Phi) is 2.94. The molecule has 0 aliphatic heterocycles. The first-order valence-electron chi connectivity index (χ1n) is 8.84. The van der Waals surface area contributed by atoms with E-state index in [4.69, 9.17) is 4.42 Å². The van der Waals surface area contributed by atoms with E-state index in [0.717, 1.165) is 27.5 Å². The molecule has 0 spiro atoms. The minimum atomic E-state index is 0.253. The molecule has 2 aromatic heterocycles. The highest BCUT2D eigenvalue weighted by molar-refractivity contribution is 7.25. The number of phenolic OH excluding ortho intramolecular Hbond substituents is 1. The van der Waals surface area contributed by atoms with Crippen LogP contribution in [0, 0.1) is 0 Å². The number of para-hydroxylation sites is 1. The second kappa shape index (κ2) is 5.35. The molecule has 2 nitrogen and oxygen atoms in total. The predicted molar refractivity (Wildman–Crippen MR) is 114 cm³/mol. The minimum Gasteiger partial charge on any atom is -0.507 e. The fourth-order valence-electron chi connectivity index (χ4n) is 3.90. The van der Waals surface area contributed by atoms with Gasteiger partial charge in [-0.15, -0.1) is 11.3 Å². The number of phenols is 1. The molecule has 128 valence electrons. The SMILES string of the molecule is Oc1cc(-c2ccc3sc4ccccc4c3c2)cc2oc3ccccc3c12. The molecule has 6 rings (SSSR count). The Bertz CT molecular complexity index is 1490. The van der Waals surface area contributed by atoms with E-state index < -0.39 is 0 Å². The second-order valence-corrected chi connectivity index (χ2v) is 7.86. The molecule has 0 bridgehead atoms. The van der Waals surface area contributed by atoms with Crippen molar-refractivity contribution in [1.29, 1.82) is 0 Å². The summed E-state index contributed by atoms with van der Waals surface area (Å²) in [7, 11) is 0. The van der Waals surface area contributed by atoms with Crippen molar-refractivity contribution in [1.82, 2.24) is 0 Å². The summed E-state index contributed by atoms with van der Waals surface area (Å²) in [6, 6.07) is 26.6. The van der Waals surface area contributed by atoms with Crippen molar-refractivity contribution < 1.29 is 9.52 Å².